The van der Waals surface area contributed by atoms with Crippen molar-refractivity contribution in [3.05, 3.63) is 100 Å². The minimum atomic E-state index is -3.85. The summed E-state index contributed by atoms with van der Waals surface area (Å²) in [6.45, 7) is 5.59. The number of aryl methyl sites for hydroxylation is 2. The van der Waals surface area contributed by atoms with E-state index in [1.54, 1.807) is 19.1 Å². The first-order valence-corrected chi connectivity index (χ1v) is 14.6. The summed E-state index contributed by atoms with van der Waals surface area (Å²) >= 11 is 6.18. The Morgan fingerprint density at radius 2 is 1.63 bits per heavy atom. The number of likely N-dealkylation sites (N-methyl/N-ethyl adjacent to an activating group) is 1. The van der Waals surface area contributed by atoms with Gasteiger partial charge in [-0.25, -0.2) is 8.42 Å². The van der Waals surface area contributed by atoms with Crippen LogP contribution in [0.25, 0.3) is 0 Å². The molecule has 0 saturated heterocycles. The Morgan fingerprint density at radius 3 is 2.26 bits per heavy atom. The Kier molecular flexibility index (Phi) is 9.94. The Labute approximate surface area is 230 Å². The number of benzene rings is 3. The number of nitrogens with zero attached hydrogens (tertiary/aromatic N) is 2. The van der Waals surface area contributed by atoms with Crippen LogP contribution in [0.2, 0.25) is 5.02 Å². The van der Waals surface area contributed by atoms with Gasteiger partial charge in [-0.2, -0.15) is 0 Å². The molecule has 0 aliphatic carbocycles. The number of rotatable bonds is 11. The molecule has 3 aromatic carbocycles. The fraction of sp³-hybridized carbons (Fsp3) is 0.310. The summed E-state index contributed by atoms with van der Waals surface area (Å²) in [6, 6.07) is 21.2. The lowest BCUT2D eigenvalue weighted by molar-refractivity contribution is -0.140. The number of amides is 2. The molecule has 0 radical (unpaired) electrons. The number of carbonyl (C=O) groups excluding carboxylic acids is 2. The number of hydrogen-bond acceptors (Lipinski definition) is 4. The molecule has 7 nitrogen and oxygen atoms in total. The SMILES string of the molecule is CCNC(=O)[C@@H](Cc1ccccc1)N(Cc1cccc(C)c1)C(=O)CN(c1cc(Cl)ccc1C)S(C)(=O)=O. The van der Waals surface area contributed by atoms with E-state index in [4.69, 9.17) is 11.6 Å². The van der Waals surface area contributed by atoms with Gasteiger partial charge in [-0.3, -0.25) is 13.9 Å². The van der Waals surface area contributed by atoms with Crippen molar-refractivity contribution in [3.8, 4) is 0 Å². The van der Waals surface area contributed by atoms with E-state index in [1.165, 1.54) is 11.0 Å². The van der Waals surface area contributed by atoms with E-state index in [0.29, 0.717) is 22.8 Å². The van der Waals surface area contributed by atoms with Gasteiger partial charge in [0.15, 0.2) is 0 Å². The maximum Gasteiger partial charge on any atom is 0.244 e. The van der Waals surface area contributed by atoms with Crippen LogP contribution in [0.3, 0.4) is 0 Å². The molecular weight excluding hydrogens is 522 g/mol. The summed E-state index contributed by atoms with van der Waals surface area (Å²) in [5.74, 6) is -0.800. The van der Waals surface area contributed by atoms with Gasteiger partial charge in [0.2, 0.25) is 21.8 Å². The van der Waals surface area contributed by atoms with E-state index >= 15 is 0 Å². The average molecular weight is 556 g/mol. The molecule has 38 heavy (non-hydrogen) atoms. The van der Waals surface area contributed by atoms with E-state index in [2.05, 4.69) is 5.32 Å². The number of sulfonamides is 1. The fourth-order valence-electron chi connectivity index (χ4n) is 4.30. The van der Waals surface area contributed by atoms with E-state index in [0.717, 1.165) is 27.3 Å². The van der Waals surface area contributed by atoms with Crippen molar-refractivity contribution in [1.29, 1.82) is 0 Å². The average Bonchev–Trinajstić information content (AvgIpc) is 2.86. The zero-order valence-corrected chi connectivity index (χ0v) is 23.7. The van der Waals surface area contributed by atoms with Crippen molar-refractivity contribution in [2.24, 2.45) is 0 Å². The molecule has 0 unspecified atom stereocenters. The Hall–Kier alpha value is -3.36. The normalized spacial score (nSPS) is 12.0. The van der Waals surface area contributed by atoms with Gasteiger partial charge in [0.05, 0.1) is 11.9 Å². The predicted octanol–water partition coefficient (Wildman–Crippen LogP) is 4.50. The molecule has 0 fully saturated rings. The molecule has 0 aliphatic heterocycles. The van der Waals surface area contributed by atoms with Crippen molar-refractivity contribution < 1.29 is 18.0 Å². The highest BCUT2D eigenvalue weighted by Gasteiger charge is 2.33. The lowest BCUT2D eigenvalue weighted by Gasteiger charge is -2.33. The molecule has 9 heteroatoms. The monoisotopic (exact) mass is 555 g/mol. The molecule has 0 spiro atoms. The minimum Gasteiger partial charge on any atom is -0.355 e. The maximum absolute atomic E-state index is 14.0. The van der Waals surface area contributed by atoms with Crippen LogP contribution in [-0.2, 0) is 32.6 Å². The van der Waals surface area contributed by atoms with E-state index in [1.807, 2.05) is 68.4 Å². The number of anilines is 1. The predicted molar refractivity (Wildman–Crippen MR) is 153 cm³/mol. The van der Waals surface area contributed by atoms with Crippen LogP contribution in [0.1, 0.15) is 29.2 Å². The number of nitrogens with one attached hydrogen (secondary N) is 1. The van der Waals surface area contributed by atoms with Crippen LogP contribution in [0.5, 0.6) is 0 Å². The molecule has 0 heterocycles. The largest absolute Gasteiger partial charge is 0.355 e. The Bertz CT molecular complexity index is 1380. The molecule has 0 saturated carbocycles. The van der Waals surface area contributed by atoms with Crippen molar-refractivity contribution in [1.82, 2.24) is 10.2 Å². The quantitative estimate of drug-likeness (QED) is 0.377. The van der Waals surface area contributed by atoms with Gasteiger partial charge in [0.1, 0.15) is 12.6 Å². The molecule has 0 aliphatic rings. The first kappa shape index (κ1) is 29.2. The first-order valence-electron chi connectivity index (χ1n) is 12.4. The topological polar surface area (TPSA) is 86.8 Å². The molecule has 0 aromatic heterocycles. The summed E-state index contributed by atoms with van der Waals surface area (Å²) in [5.41, 5.74) is 3.71. The number of hydrogen-bond donors (Lipinski definition) is 1. The zero-order valence-electron chi connectivity index (χ0n) is 22.1. The second kappa shape index (κ2) is 12.9. The van der Waals surface area contributed by atoms with Crippen LogP contribution >= 0.6 is 11.6 Å². The van der Waals surface area contributed by atoms with E-state index < -0.39 is 28.5 Å². The second-order valence-electron chi connectivity index (χ2n) is 9.31. The molecule has 3 rings (SSSR count). The van der Waals surface area contributed by atoms with Gasteiger partial charge < -0.3 is 10.2 Å². The minimum absolute atomic E-state index is 0.140. The smallest absolute Gasteiger partial charge is 0.244 e. The third-order valence-corrected chi connectivity index (χ3v) is 7.54. The van der Waals surface area contributed by atoms with Gasteiger partial charge in [0, 0.05) is 24.5 Å². The number of halogens is 1. The molecule has 202 valence electrons. The maximum atomic E-state index is 14.0. The van der Waals surface area contributed by atoms with Gasteiger partial charge >= 0.3 is 0 Å². The first-order chi connectivity index (χ1) is 18.0. The summed E-state index contributed by atoms with van der Waals surface area (Å²) in [4.78, 5) is 28.8. The molecule has 1 atom stereocenters. The van der Waals surface area contributed by atoms with Gasteiger partial charge in [-0.05, 0) is 49.6 Å². The van der Waals surface area contributed by atoms with Crippen LogP contribution in [0, 0.1) is 13.8 Å². The lowest BCUT2D eigenvalue weighted by Crippen LogP contribution is -2.53. The summed E-state index contributed by atoms with van der Waals surface area (Å²) in [5, 5.41) is 3.20. The summed E-state index contributed by atoms with van der Waals surface area (Å²) < 4.78 is 26.8. The third-order valence-electron chi connectivity index (χ3n) is 6.18. The lowest BCUT2D eigenvalue weighted by atomic mass is 10.0. The molecule has 0 bridgehead atoms. The van der Waals surface area contributed by atoms with Crippen LogP contribution in [-0.4, -0.2) is 50.5 Å². The fourth-order valence-corrected chi connectivity index (χ4v) is 5.36. The molecule has 2 amide bonds. The number of carbonyl (C=O) groups is 2. The highest BCUT2D eigenvalue weighted by atomic mass is 35.5. The van der Waals surface area contributed by atoms with E-state index in [9.17, 15) is 18.0 Å². The highest BCUT2D eigenvalue weighted by Crippen LogP contribution is 2.27. The Morgan fingerprint density at radius 1 is 0.947 bits per heavy atom. The Balaban J connectivity index is 2.07. The van der Waals surface area contributed by atoms with Gasteiger partial charge in [-0.15, -0.1) is 0 Å². The van der Waals surface area contributed by atoms with Crippen LogP contribution in [0.15, 0.2) is 72.8 Å². The summed E-state index contributed by atoms with van der Waals surface area (Å²) in [6.07, 6.45) is 1.33. The van der Waals surface area contributed by atoms with Gasteiger partial charge in [-0.1, -0.05) is 77.8 Å². The van der Waals surface area contributed by atoms with Crippen molar-refractivity contribution >= 4 is 39.1 Å². The van der Waals surface area contributed by atoms with Crippen molar-refractivity contribution in [3.63, 3.8) is 0 Å². The van der Waals surface area contributed by atoms with Crippen LogP contribution in [0.4, 0.5) is 5.69 Å². The molecular formula is C29H34ClN3O4S. The zero-order chi connectivity index (χ0) is 27.9. The highest BCUT2D eigenvalue weighted by molar-refractivity contribution is 7.92. The summed E-state index contributed by atoms with van der Waals surface area (Å²) in [7, 11) is -3.85. The van der Waals surface area contributed by atoms with E-state index in [-0.39, 0.29) is 18.9 Å². The van der Waals surface area contributed by atoms with Crippen LogP contribution < -0.4 is 9.62 Å². The van der Waals surface area contributed by atoms with Gasteiger partial charge in [0.25, 0.3) is 0 Å². The van der Waals surface area contributed by atoms with Crippen molar-refractivity contribution in [2.75, 3.05) is 23.7 Å². The standard InChI is InChI=1S/C29H34ClN3O4S/c1-5-31-29(35)27(17-23-11-7-6-8-12-23)32(19-24-13-9-10-21(2)16-24)28(34)20-33(38(4,36)37)26-18-25(30)15-14-22(26)3/h6-16,18,27H,5,17,19-20H2,1-4H3,(H,31,35)/t27-/m1/s1. The second-order valence-corrected chi connectivity index (χ2v) is 11.7. The van der Waals surface area contributed by atoms with Crippen molar-refractivity contribution in [2.45, 2.75) is 39.8 Å². The molecule has 3 aromatic rings. The third kappa shape index (κ3) is 7.82. The molecule has 1 N–H and O–H groups in total.